The van der Waals surface area contributed by atoms with E-state index in [1.807, 2.05) is 25.1 Å². The van der Waals surface area contributed by atoms with Gasteiger partial charge in [-0.05, 0) is 45.9 Å². The average molecular weight is 334 g/mol. The third-order valence-electron chi connectivity index (χ3n) is 4.33. The van der Waals surface area contributed by atoms with Crippen LogP contribution in [-0.2, 0) is 0 Å². The van der Waals surface area contributed by atoms with E-state index in [9.17, 15) is 0 Å². The van der Waals surface area contributed by atoms with E-state index in [1.165, 1.54) is 12.8 Å². The lowest BCUT2D eigenvalue weighted by Gasteiger charge is -2.25. The van der Waals surface area contributed by atoms with Gasteiger partial charge in [0.05, 0.1) is 13.7 Å². The first-order chi connectivity index (χ1) is 11.6. The van der Waals surface area contributed by atoms with E-state index in [1.54, 1.807) is 14.2 Å². The van der Waals surface area contributed by atoms with Crippen LogP contribution < -0.4 is 20.1 Å². The lowest BCUT2D eigenvalue weighted by Crippen LogP contribution is -2.43. The zero-order valence-electron chi connectivity index (χ0n) is 15.4. The van der Waals surface area contributed by atoms with E-state index in [0.29, 0.717) is 12.6 Å². The summed E-state index contributed by atoms with van der Waals surface area (Å²) < 4.78 is 10.9. The van der Waals surface area contributed by atoms with Crippen LogP contribution in [0.3, 0.4) is 0 Å². The van der Waals surface area contributed by atoms with Crippen molar-refractivity contribution in [3.05, 3.63) is 18.2 Å². The highest BCUT2D eigenvalue weighted by Gasteiger charge is 2.28. The van der Waals surface area contributed by atoms with Crippen LogP contribution in [-0.4, -0.2) is 57.3 Å². The van der Waals surface area contributed by atoms with Crippen molar-refractivity contribution in [3.8, 4) is 11.5 Å². The molecule has 6 heteroatoms. The van der Waals surface area contributed by atoms with Gasteiger partial charge in [0, 0.05) is 37.4 Å². The van der Waals surface area contributed by atoms with Crippen molar-refractivity contribution in [2.75, 3.05) is 39.7 Å². The van der Waals surface area contributed by atoms with Gasteiger partial charge in [-0.15, -0.1) is 0 Å². The average Bonchev–Trinajstić information content (AvgIpc) is 3.43. The van der Waals surface area contributed by atoms with Crippen LogP contribution in [0.4, 0.5) is 5.69 Å². The molecule has 0 radical (unpaired) electrons. The molecule has 24 heavy (non-hydrogen) atoms. The van der Waals surface area contributed by atoms with Crippen LogP contribution in [0, 0.1) is 0 Å². The Labute approximate surface area is 145 Å². The molecule has 0 saturated heterocycles. The molecule has 1 fully saturated rings. The second-order valence-corrected chi connectivity index (χ2v) is 6.12. The fraction of sp³-hybridized carbons (Fsp3) is 0.611. The van der Waals surface area contributed by atoms with Gasteiger partial charge >= 0.3 is 0 Å². The minimum absolute atomic E-state index is 0.464. The lowest BCUT2D eigenvalue weighted by atomic mass is 10.2. The molecular formula is C18H30N4O2. The number of benzene rings is 1. The highest BCUT2D eigenvalue weighted by molar-refractivity contribution is 5.93. The van der Waals surface area contributed by atoms with E-state index < -0.39 is 0 Å². The Bertz CT molecular complexity index is 558. The van der Waals surface area contributed by atoms with Crippen LogP contribution in [0.2, 0.25) is 0 Å². The molecule has 1 saturated carbocycles. The number of hydrogen-bond acceptors (Lipinski definition) is 4. The summed E-state index contributed by atoms with van der Waals surface area (Å²) in [7, 11) is 5.61. The highest BCUT2D eigenvalue weighted by atomic mass is 16.5. The predicted molar refractivity (Wildman–Crippen MR) is 99.4 cm³/mol. The third kappa shape index (κ3) is 5.03. The Balaban J connectivity index is 1.93. The summed E-state index contributed by atoms with van der Waals surface area (Å²) in [6, 6.07) is 6.99. The van der Waals surface area contributed by atoms with E-state index in [0.717, 1.165) is 35.7 Å². The fourth-order valence-corrected chi connectivity index (χ4v) is 2.57. The van der Waals surface area contributed by atoms with Crippen molar-refractivity contribution in [3.63, 3.8) is 0 Å². The Morgan fingerprint density at radius 3 is 2.71 bits per heavy atom. The molecule has 1 unspecified atom stereocenters. The zero-order chi connectivity index (χ0) is 17.5. The van der Waals surface area contributed by atoms with Crippen molar-refractivity contribution in [2.45, 2.75) is 38.8 Å². The molecule has 6 nitrogen and oxygen atoms in total. The van der Waals surface area contributed by atoms with Gasteiger partial charge < -0.3 is 20.1 Å². The van der Waals surface area contributed by atoms with E-state index in [4.69, 9.17) is 9.47 Å². The van der Waals surface area contributed by atoms with Crippen LogP contribution in [0.25, 0.3) is 0 Å². The number of guanidine groups is 1. The summed E-state index contributed by atoms with van der Waals surface area (Å²) in [6.45, 7) is 5.63. The summed E-state index contributed by atoms with van der Waals surface area (Å²) in [5.74, 6) is 2.20. The fourth-order valence-electron chi connectivity index (χ4n) is 2.57. The first-order valence-corrected chi connectivity index (χ1v) is 8.59. The molecule has 1 aromatic rings. The third-order valence-corrected chi connectivity index (χ3v) is 4.33. The second-order valence-electron chi connectivity index (χ2n) is 6.12. The van der Waals surface area contributed by atoms with Crippen molar-refractivity contribution < 1.29 is 9.47 Å². The number of rotatable bonds is 8. The quantitative estimate of drug-likeness (QED) is 0.565. The number of anilines is 1. The van der Waals surface area contributed by atoms with Crippen LogP contribution in [0.5, 0.6) is 11.5 Å². The van der Waals surface area contributed by atoms with Crippen molar-refractivity contribution in [1.82, 2.24) is 10.2 Å². The molecule has 0 heterocycles. The molecular weight excluding hydrogens is 304 g/mol. The Morgan fingerprint density at radius 1 is 1.38 bits per heavy atom. The summed E-state index contributed by atoms with van der Waals surface area (Å²) in [5.41, 5.74) is 0.913. The van der Waals surface area contributed by atoms with Gasteiger partial charge in [-0.1, -0.05) is 0 Å². The first kappa shape index (κ1) is 18.4. The molecule has 1 aliphatic carbocycles. The molecule has 0 amide bonds. The molecule has 0 aliphatic heterocycles. The van der Waals surface area contributed by atoms with Gasteiger partial charge in [0.25, 0.3) is 0 Å². The summed E-state index contributed by atoms with van der Waals surface area (Å²) in [5, 5.41) is 6.69. The number of hydrogen-bond donors (Lipinski definition) is 2. The number of aliphatic imine (C=N–C) groups is 1. The monoisotopic (exact) mass is 334 g/mol. The van der Waals surface area contributed by atoms with Gasteiger partial charge in [-0.3, -0.25) is 9.89 Å². The maximum Gasteiger partial charge on any atom is 0.195 e. The Kier molecular flexibility index (Phi) is 6.73. The SMILES string of the molecule is CCOc1cc(NC(=NC)NCC(C)N(C)C2CC2)ccc1OC. The number of nitrogens with one attached hydrogen (secondary N) is 2. The topological polar surface area (TPSA) is 58.1 Å². The molecule has 0 aromatic heterocycles. The molecule has 2 N–H and O–H groups in total. The van der Waals surface area contributed by atoms with Crippen molar-refractivity contribution in [1.29, 1.82) is 0 Å². The van der Waals surface area contributed by atoms with Gasteiger partial charge in [0.15, 0.2) is 17.5 Å². The minimum atomic E-state index is 0.464. The van der Waals surface area contributed by atoms with Crippen molar-refractivity contribution in [2.24, 2.45) is 4.99 Å². The number of likely N-dealkylation sites (N-methyl/N-ethyl adjacent to an activating group) is 1. The van der Waals surface area contributed by atoms with E-state index >= 15 is 0 Å². The van der Waals surface area contributed by atoms with Crippen LogP contribution in [0.15, 0.2) is 23.2 Å². The summed E-state index contributed by atoms with van der Waals surface area (Å²) in [6.07, 6.45) is 2.64. The molecule has 1 atom stereocenters. The normalized spacial score (nSPS) is 16.0. The number of nitrogens with zero attached hydrogens (tertiary/aromatic N) is 2. The Hall–Kier alpha value is -1.95. The van der Waals surface area contributed by atoms with Crippen LogP contribution in [0.1, 0.15) is 26.7 Å². The summed E-state index contributed by atoms with van der Waals surface area (Å²) in [4.78, 5) is 6.73. The molecule has 1 aromatic carbocycles. The molecule has 0 bridgehead atoms. The lowest BCUT2D eigenvalue weighted by molar-refractivity contribution is 0.248. The van der Waals surface area contributed by atoms with Gasteiger partial charge in [0.1, 0.15) is 0 Å². The first-order valence-electron chi connectivity index (χ1n) is 8.59. The van der Waals surface area contributed by atoms with E-state index in [2.05, 4.69) is 34.5 Å². The number of methoxy groups -OCH3 is 1. The van der Waals surface area contributed by atoms with Gasteiger partial charge in [-0.2, -0.15) is 0 Å². The van der Waals surface area contributed by atoms with Crippen LogP contribution >= 0.6 is 0 Å². The standard InChI is InChI=1S/C18H30N4O2/c1-6-24-17-11-14(7-10-16(17)23-5)21-18(19-3)20-12-13(2)22(4)15-8-9-15/h7,10-11,13,15H,6,8-9,12H2,1-5H3,(H2,19,20,21). The molecule has 1 aliphatic rings. The maximum absolute atomic E-state index is 5.61. The highest BCUT2D eigenvalue weighted by Crippen LogP contribution is 2.30. The largest absolute Gasteiger partial charge is 0.493 e. The van der Waals surface area contributed by atoms with Crippen molar-refractivity contribution >= 4 is 11.6 Å². The molecule has 0 spiro atoms. The second kappa shape index (κ2) is 8.78. The molecule has 2 rings (SSSR count). The summed E-state index contributed by atoms with van der Waals surface area (Å²) >= 11 is 0. The molecule has 134 valence electrons. The van der Waals surface area contributed by atoms with E-state index in [-0.39, 0.29) is 0 Å². The predicted octanol–water partition coefficient (Wildman–Crippen LogP) is 2.56. The maximum atomic E-state index is 5.61. The van der Waals surface area contributed by atoms with Gasteiger partial charge in [0.2, 0.25) is 0 Å². The smallest absolute Gasteiger partial charge is 0.195 e. The minimum Gasteiger partial charge on any atom is -0.493 e. The zero-order valence-corrected chi connectivity index (χ0v) is 15.4. The number of ether oxygens (including phenoxy) is 2. The Morgan fingerprint density at radius 2 is 2.12 bits per heavy atom. The van der Waals surface area contributed by atoms with Gasteiger partial charge in [-0.25, -0.2) is 0 Å².